The normalized spacial score (nSPS) is 12.6. The van der Waals surface area contributed by atoms with Crippen LogP contribution in [0.25, 0.3) is 10.8 Å². The first-order chi connectivity index (χ1) is 9.81. The summed E-state index contributed by atoms with van der Waals surface area (Å²) in [6.07, 6.45) is 0.712. The van der Waals surface area contributed by atoms with Crippen LogP contribution in [0, 0.1) is 0 Å². The van der Waals surface area contributed by atoms with Gasteiger partial charge in [0.1, 0.15) is 5.75 Å². The van der Waals surface area contributed by atoms with E-state index in [2.05, 4.69) is 23.5 Å². The van der Waals surface area contributed by atoms with E-state index < -0.39 is 0 Å². The van der Waals surface area contributed by atoms with Gasteiger partial charge in [0.25, 0.3) is 0 Å². The van der Waals surface area contributed by atoms with Gasteiger partial charge >= 0.3 is 0 Å². The van der Waals surface area contributed by atoms with E-state index in [0.717, 1.165) is 23.2 Å². The van der Waals surface area contributed by atoms with Crippen molar-refractivity contribution in [1.82, 2.24) is 5.32 Å². The van der Waals surface area contributed by atoms with Gasteiger partial charge in [-0.15, -0.1) is 0 Å². The molecule has 0 radical (unpaired) electrons. The minimum absolute atomic E-state index is 0.0163. The third-order valence-corrected chi connectivity index (χ3v) is 3.46. The second-order valence-electron chi connectivity index (χ2n) is 4.72. The van der Waals surface area contributed by atoms with Crippen LogP contribution in [-0.2, 0) is 0 Å². The summed E-state index contributed by atoms with van der Waals surface area (Å²) < 4.78 is 5.50. The zero-order chi connectivity index (χ0) is 14.4. The molecule has 0 amide bonds. The minimum Gasteiger partial charge on any atom is -0.496 e. The molecule has 0 heterocycles. The third kappa shape index (κ3) is 3.10. The Morgan fingerprint density at radius 3 is 2.75 bits per heavy atom. The molecule has 20 heavy (non-hydrogen) atoms. The third-order valence-electron chi connectivity index (χ3n) is 3.46. The molecule has 108 valence electrons. The number of nitrogens with two attached hydrogens (primary N) is 1. The van der Waals surface area contributed by atoms with Crippen LogP contribution in [0.15, 0.2) is 36.4 Å². The number of benzene rings is 2. The standard InChI is InChI=1S/C16H22N2O2/c1-20-15-8-7-12-5-2-3-6-13(12)16(15)14(11-17)18-9-4-10-19/h2-3,5-8,14,18-19H,4,9-11,17H2,1H3. The van der Waals surface area contributed by atoms with Crippen LogP contribution in [-0.4, -0.2) is 31.9 Å². The number of rotatable bonds is 7. The van der Waals surface area contributed by atoms with E-state index in [0.29, 0.717) is 13.0 Å². The van der Waals surface area contributed by atoms with E-state index in [-0.39, 0.29) is 12.6 Å². The van der Waals surface area contributed by atoms with Gasteiger partial charge in [0, 0.05) is 24.8 Å². The van der Waals surface area contributed by atoms with E-state index in [1.54, 1.807) is 7.11 Å². The summed E-state index contributed by atoms with van der Waals surface area (Å²) in [5, 5.41) is 14.6. The van der Waals surface area contributed by atoms with Crippen molar-refractivity contribution in [2.45, 2.75) is 12.5 Å². The molecule has 0 aromatic heterocycles. The highest BCUT2D eigenvalue weighted by molar-refractivity contribution is 5.88. The van der Waals surface area contributed by atoms with Crippen molar-refractivity contribution in [3.8, 4) is 5.75 Å². The molecule has 4 nitrogen and oxygen atoms in total. The van der Waals surface area contributed by atoms with Gasteiger partial charge in [0.2, 0.25) is 0 Å². The van der Waals surface area contributed by atoms with Crippen molar-refractivity contribution in [2.75, 3.05) is 26.8 Å². The van der Waals surface area contributed by atoms with Gasteiger partial charge in [-0.25, -0.2) is 0 Å². The molecule has 0 saturated heterocycles. The predicted octanol–water partition coefficient (Wildman–Crippen LogP) is 1.82. The first-order valence-electron chi connectivity index (χ1n) is 6.91. The second-order valence-corrected chi connectivity index (χ2v) is 4.72. The molecule has 2 aromatic rings. The van der Waals surface area contributed by atoms with Crippen LogP contribution in [0.4, 0.5) is 0 Å². The topological polar surface area (TPSA) is 67.5 Å². The SMILES string of the molecule is COc1ccc2ccccc2c1C(CN)NCCCO. The molecule has 0 bridgehead atoms. The number of aliphatic hydroxyl groups is 1. The quantitative estimate of drug-likeness (QED) is 0.674. The summed E-state index contributed by atoms with van der Waals surface area (Å²) in [4.78, 5) is 0. The Labute approximate surface area is 119 Å². The number of methoxy groups -OCH3 is 1. The lowest BCUT2D eigenvalue weighted by atomic mass is 9.97. The Balaban J connectivity index is 2.42. The molecular formula is C16H22N2O2. The average molecular weight is 274 g/mol. The Kier molecular flexibility index (Phi) is 5.35. The van der Waals surface area contributed by atoms with E-state index in [4.69, 9.17) is 15.6 Å². The van der Waals surface area contributed by atoms with Crippen molar-refractivity contribution in [1.29, 1.82) is 0 Å². The van der Waals surface area contributed by atoms with E-state index in [1.807, 2.05) is 18.2 Å². The number of fused-ring (bicyclic) bond motifs is 1. The minimum atomic E-state index is 0.0163. The van der Waals surface area contributed by atoms with Crippen molar-refractivity contribution >= 4 is 10.8 Å². The van der Waals surface area contributed by atoms with E-state index in [1.165, 1.54) is 5.39 Å². The molecular weight excluding hydrogens is 252 g/mol. The monoisotopic (exact) mass is 274 g/mol. The molecule has 0 saturated carbocycles. The summed E-state index contributed by atoms with van der Waals surface area (Å²) in [6, 6.07) is 12.3. The maximum atomic E-state index is 8.90. The predicted molar refractivity (Wildman–Crippen MR) is 82.0 cm³/mol. The Morgan fingerprint density at radius 1 is 1.25 bits per heavy atom. The molecule has 2 rings (SSSR count). The largest absolute Gasteiger partial charge is 0.496 e. The summed E-state index contributed by atoms with van der Waals surface area (Å²) in [7, 11) is 1.68. The highest BCUT2D eigenvalue weighted by Gasteiger charge is 2.17. The van der Waals surface area contributed by atoms with Crippen molar-refractivity contribution in [3.63, 3.8) is 0 Å². The summed E-state index contributed by atoms with van der Waals surface area (Å²) in [5.41, 5.74) is 7.01. The first kappa shape index (κ1) is 14.8. The molecule has 1 atom stereocenters. The number of hydrogen-bond acceptors (Lipinski definition) is 4. The van der Waals surface area contributed by atoms with Crippen molar-refractivity contribution in [3.05, 3.63) is 42.0 Å². The maximum absolute atomic E-state index is 8.90. The van der Waals surface area contributed by atoms with Gasteiger partial charge in [-0.05, 0) is 29.8 Å². The number of hydrogen-bond donors (Lipinski definition) is 3. The molecule has 0 aliphatic heterocycles. The summed E-state index contributed by atoms with van der Waals surface area (Å²) >= 11 is 0. The Morgan fingerprint density at radius 2 is 2.05 bits per heavy atom. The summed E-state index contributed by atoms with van der Waals surface area (Å²) in [5.74, 6) is 0.843. The van der Waals surface area contributed by atoms with Gasteiger partial charge in [-0.2, -0.15) is 0 Å². The molecule has 4 heteroatoms. The van der Waals surface area contributed by atoms with Crippen LogP contribution in [0.1, 0.15) is 18.0 Å². The molecule has 2 aromatic carbocycles. The molecule has 0 fully saturated rings. The lowest BCUT2D eigenvalue weighted by Crippen LogP contribution is -2.30. The molecule has 4 N–H and O–H groups in total. The number of aliphatic hydroxyl groups excluding tert-OH is 1. The van der Waals surface area contributed by atoms with Crippen LogP contribution >= 0.6 is 0 Å². The number of ether oxygens (including phenoxy) is 1. The van der Waals surface area contributed by atoms with Crippen LogP contribution in [0.3, 0.4) is 0 Å². The lowest BCUT2D eigenvalue weighted by molar-refractivity contribution is 0.283. The molecule has 0 spiro atoms. The molecule has 1 unspecified atom stereocenters. The van der Waals surface area contributed by atoms with Gasteiger partial charge in [-0.1, -0.05) is 30.3 Å². The molecule has 0 aliphatic rings. The fourth-order valence-corrected chi connectivity index (χ4v) is 2.47. The van der Waals surface area contributed by atoms with E-state index >= 15 is 0 Å². The Hall–Kier alpha value is -1.62. The highest BCUT2D eigenvalue weighted by atomic mass is 16.5. The molecule has 0 aliphatic carbocycles. The van der Waals surface area contributed by atoms with Gasteiger partial charge in [0.15, 0.2) is 0 Å². The fraction of sp³-hybridized carbons (Fsp3) is 0.375. The maximum Gasteiger partial charge on any atom is 0.124 e. The van der Waals surface area contributed by atoms with Crippen molar-refractivity contribution < 1.29 is 9.84 Å². The van der Waals surface area contributed by atoms with Gasteiger partial charge in [-0.3, -0.25) is 0 Å². The lowest BCUT2D eigenvalue weighted by Gasteiger charge is -2.21. The second kappa shape index (κ2) is 7.24. The van der Waals surface area contributed by atoms with Crippen molar-refractivity contribution in [2.24, 2.45) is 5.73 Å². The van der Waals surface area contributed by atoms with Gasteiger partial charge in [0.05, 0.1) is 7.11 Å². The average Bonchev–Trinajstić information content (AvgIpc) is 2.51. The highest BCUT2D eigenvalue weighted by Crippen LogP contribution is 2.32. The number of nitrogens with one attached hydrogen (secondary N) is 1. The van der Waals surface area contributed by atoms with E-state index in [9.17, 15) is 0 Å². The fourth-order valence-electron chi connectivity index (χ4n) is 2.47. The zero-order valence-electron chi connectivity index (χ0n) is 11.8. The van der Waals surface area contributed by atoms with Gasteiger partial charge < -0.3 is 20.9 Å². The van der Waals surface area contributed by atoms with Crippen LogP contribution in [0.2, 0.25) is 0 Å². The first-order valence-corrected chi connectivity index (χ1v) is 6.91. The smallest absolute Gasteiger partial charge is 0.124 e. The zero-order valence-corrected chi connectivity index (χ0v) is 11.8. The van der Waals surface area contributed by atoms with Crippen LogP contribution in [0.5, 0.6) is 5.75 Å². The Bertz CT molecular complexity index is 557. The summed E-state index contributed by atoms with van der Waals surface area (Å²) in [6.45, 7) is 1.39. The van der Waals surface area contributed by atoms with Crippen LogP contribution < -0.4 is 15.8 Å².